The molecule has 0 amide bonds. The summed E-state index contributed by atoms with van der Waals surface area (Å²) in [5, 5.41) is 9.11. The lowest BCUT2D eigenvalue weighted by Crippen LogP contribution is -2.36. The Kier molecular flexibility index (Phi) is 5.32. The molecule has 2 aromatic rings. The molecule has 3 heterocycles. The molecular weight excluding hydrogens is 395 g/mol. The molecule has 2 bridgehead atoms. The van der Waals surface area contributed by atoms with Crippen molar-refractivity contribution in [3.63, 3.8) is 0 Å². The van der Waals surface area contributed by atoms with E-state index in [2.05, 4.69) is 34.5 Å². The number of hydrogen-bond acceptors (Lipinski definition) is 5. The first-order valence-electron chi connectivity index (χ1n) is 10.7. The predicted octanol–water partition coefficient (Wildman–Crippen LogP) is 4.45. The van der Waals surface area contributed by atoms with E-state index in [-0.39, 0.29) is 5.56 Å². The topological polar surface area (TPSA) is 56.3 Å². The largest absolute Gasteiger partial charge is 0.326 e. The Labute approximate surface area is 182 Å². The van der Waals surface area contributed by atoms with E-state index in [1.54, 1.807) is 6.07 Å². The molecule has 0 saturated carbocycles. The van der Waals surface area contributed by atoms with Crippen LogP contribution in [0.5, 0.6) is 0 Å². The van der Waals surface area contributed by atoms with Gasteiger partial charge in [-0.3, -0.25) is 4.90 Å². The number of rotatable bonds is 4. The predicted molar refractivity (Wildman–Crippen MR) is 119 cm³/mol. The molecule has 2 N–H and O–H groups in total. The molecule has 3 aliphatic rings. The number of nitrogens with two attached hydrogens (primary N) is 1. The molecule has 0 spiro atoms. The molecule has 3 aliphatic heterocycles. The van der Waals surface area contributed by atoms with Gasteiger partial charge in [-0.05, 0) is 73.2 Å². The number of hydrogen-bond donors (Lipinski definition) is 1. The van der Waals surface area contributed by atoms with Crippen molar-refractivity contribution in [2.45, 2.75) is 56.4 Å². The minimum absolute atomic E-state index is 0.0904. The second-order valence-corrected chi connectivity index (χ2v) is 10.0. The molecule has 2 unspecified atom stereocenters. The van der Waals surface area contributed by atoms with Crippen molar-refractivity contribution < 1.29 is 4.39 Å². The highest BCUT2D eigenvalue weighted by Gasteiger charge is 2.44. The lowest BCUT2D eigenvalue weighted by atomic mass is 9.91. The van der Waals surface area contributed by atoms with Crippen molar-refractivity contribution in [1.29, 1.82) is 5.26 Å². The van der Waals surface area contributed by atoms with Crippen molar-refractivity contribution in [2.24, 2.45) is 5.73 Å². The highest BCUT2D eigenvalue weighted by molar-refractivity contribution is 7.97. The molecule has 6 heteroatoms. The number of nitrogens with zero attached hydrogens (tertiary/aromatic N) is 3. The van der Waals surface area contributed by atoms with Crippen LogP contribution in [0.3, 0.4) is 0 Å². The normalized spacial score (nSPS) is 28.9. The fourth-order valence-corrected chi connectivity index (χ4v) is 6.57. The van der Waals surface area contributed by atoms with Gasteiger partial charge in [0.05, 0.1) is 5.56 Å². The molecule has 30 heavy (non-hydrogen) atoms. The van der Waals surface area contributed by atoms with Gasteiger partial charge in [0, 0.05) is 36.5 Å². The van der Waals surface area contributed by atoms with Gasteiger partial charge in [0.15, 0.2) is 0 Å². The average Bonchev–Trinajstić information content (AvgIpc) is 3.42. The third-order valence-corrected chi connectivity index (χ3v) is 8.18. The highest BCUT2D eigenvalue weighted by Crippen LogP contribution is 2.42. The molecule has 0 aliphatic carbocycles. The van der Waals surface area contributed by atoms with Gasteiger partial charge in [-0.25, -0.2) is 8.70 Å². The molecular formula is C24H27FN4S. The van der Waals surface area contributed by atoms with Crippen molar-refractivity contribution in [1.82, 2.24) is 9.21 Å². The van der Waals surface area contributed by atoms with Gasteiger partial charge < -0.3 is 5.73 Å². The summed E-state index contributed by atoms with van der Waals surface area (Å²) >= 11 is 1.85. The van der Waals surface area contributed by atoms with Crippen LogP contribution in [0.4, 0.5) is 4.39 Å². The van der Waals surface area contributed by atoms with Crippen LogP contribution in [0.1, 0.15) is 48.4 Å². The summed E-state index contributed by atoms with van der Waals surface area (Å²) in [5.74, 6) is 0.642. The van der Waals surface area contributed by atoms with Gasteiger partial charge in [-0.15, -0.1) is 0 Å². The molecule has 4 nitrogen and oxygen atoms in total. The van der Waals surface area contributed by atoms with Crippen molar-refractivity contribution in [3.8, 4) is 17.2 Å². The second kappa shape index (κ2) is 7.97. The number of fused-ring (bicyclic) bond motifs is 2. The SMILES string of the molecule is CN1SCCC1c1ccc(CN2[C@H]3CC[C@@H]2C(N)C3)cc1-c1ccc(C#N)c(F)c1. The van der Waals surface area contributed by atoms with Crippen molar-refractivity contribution in [3.05, 3.63) is 58.9 Å². The van der Waals surface area contributed by atoms with Crippen molar-refractivity contribution >= 4 is 11.9 Å². The Bertz CT molecular complexity index is 1000. The summed E-state index contributed by atoms with van der Waals surface area (Å²) in [5.41, 5.74) is 10.8. The maximum absolute atomic E-state index is 14.4. The Hall–Kier alpha value is -1.91. The Morgan fingerprint density at radius 1 is 1.20 bits per heavy atom. The van der Waals surface area contributed by atoms with Gasteiger partial charge in [-0.2, -0.15) is 5.26 Å². The number of benzene rings is 2. The molecule has 0 aromatic heterocycles. The van der Waals surface area contributed by atoms with E-state index in [0.717, 1.165) is 36.3 Å². The van der Waals surface area contributed by atoms with E-state index in [0.29, 0.717) is 24.2 Å². The second-order valence-electron chi connectivity index (χ2n) is 8.78. The monoisotopic (exact) mass is 422 g/mol. The van der Waals surface area contributed by atoms with Crippen LogP contribution in [0.15, 0.2) is 36.4 Å². The summed E-state index contributed by atoms with van der Waals surface area (Å²) in [6.07, 6.45) is 4.62. The zero-order valence-corrected chi connectivity index (χ0v) is 18.0. The standard InChI is InChI=1S/C24H27FN4S/c1-28-23(8-9-30-28)19-6-2-15(14-29-18-5-7-24(29)22(27)12-18)10-20(19)16-3-4-17(13-26)21(25)11-16/h2-4,6,10-11,18,22-24H,5,7-9,12,14,27H2,1H3/t18-,22?,23?,24+/m0/s1. The summed E-state index contributed by atoms with van der Waals surface area (Å²) in [4.78, 5) is 2.57. The minimum Gasteiger partial charge on any atom is -0.326 e. The maximum atomic E-state index is 14.4. The van der Waals surface area contributed by atoms with Gasteiger partial charge in [0.25, 0.3) is 0 Å². The summed E-state index contributed by atoms with van der Waals surface area (Å²) in [6.45, 7) is 0.893. The smallest absolute Gasteiger partial charge is 0.141 e. The molecule has 5 rings (SSSR count). The van der Waals surface area contributed by atoms with Crippen LogP contribution in [0, 0.1) is 17.1 Å². The first-order valence-corrected chi connectivity index (χ1v) is 11.7. The molecule has 0 radical (unpaired) electrons. The molecule has 3 saturated heterocycles. The van der Waals surface area contributed by atoms with Crippen LogP contribution in [0.25, 0.3) is 11.1 Å². The van der Waals surface area contributed by atoms with Crippen LogP contribution in [-0.4, -0.2) is 40.1 Å². The van der Waals surface area contributed by atoms with E-state index < -0.39 is 5.82 Å². The fraction of sp³-hybridized carbons (Fsp3) is 0.458. The first kappa shape index (κ1) is 20.0. The first-order chi connectivity index (χ1) is 14.5. The molecule has 156 valence electrons. The zero-order chi connectivity index (χ0) is 20.8. The van der Waals surface area contributed by atoms with E-state index in [1.165, 1.54) is 30.0 Å². The number of nitriles is 1. The molecule has 4 atom stereocenters. The Morgan fingerprint density at radius 2 is 2.07 bits per heavy atom. The van der Waals surface area contributed by atoms with E-state index in [1.807, 2.05) is 24.1 Å². The Morgan fingerprint density at radius 3 is 2.70 bits per heavy atom. The van der Waals surface area contributed by atoms with Gasteiger partial charge in [0.1, 0.15) is 11.9 Å². The highest BCUT2D eigenvalue weighted by atomic mass is 32.2. The van der Waals surface area contributed by atoms with Gasteiger partial charge >= 0.3 is 0 Å². The van der Waals surface area contributed by atoms with Gasteiger partial charge in [0.2, 0.25) is 0 Å². The third-order valence-electron chi connectivity index (χ3n) is 7.10. The molecule has 2 aromatic carbocycles. The van der Waals surface area contributed by atoms with Crippen LogP contribution in [-0.2, 0) is 6.54 Å². The van der Waals surface area contributed by atoms with E-state index >= 15 is 0 Å². The van der Waals surface area contributed by atoms with Crippen LogP contribution < -0.4 is 5.73 Å². The van der Waals surface area contributed by atoms with Crippen LogP contribution >= 0.6 is 11.9 Å². The summed E-state index contributed by atoms with van der Waals surface area (Å²) < 4.78 is 16.7. The minimum atomic E-state index is -0.455. The third kappa shape index (κ3) is 3.44. The van der Waals surface area contributed by atoms with E-state index in [4.69, 9.17) is 11.0 Å². The quantitative estimate of drug-likeness (QED) is 0.738. The average molecular weight is 423 g/mol. The molecule has 3 fully saturated rings. The maximum Gasteiger partial charge on any atom is 0.141 e. The number of halogens is 1. The Balaban J connectivity index is 1.53. The van der Waals surface area contributed by atoms with Crippen LogP contribution in [0.2, 0.25) is 0 Å². The van der Waals surface area contributed by atoms with Crippen molar-refractivity contribution in [2.75, 3.05) is 12.8 Å². The lowest BCUT2D eigenvalue weighted by molar-refractivity contribution is 0.239. The van der Waals surface area contributed by atoms with E-state index in [9.17, 15) is 4.39 Å². The zero-order valence-electron chi connectivity index (χ0n) is 17.2. The lowest BCUT2D eigenvalue weighted by Gasteiger charge is -2.25. The van der Waals surface area contributed by atoms with Gasteiger partial charge in [-0.1, -0.05) is 30.1 Å². The summed E-state index contributed by atoms with van der Waals surface area (Å²) in [6, 6.07) is 15.3. The summed E-state index contributed by atoms with van der Waals surface area (Å²) in [7, 11) is 2.13. The fourth-order valence-electron chi connectivity index (χ4n) is 5.55.